The van der Waals surface area contributed by atoms with Gasteiger partial charge < -0.3 is 25.8 Å². The average Bonchev–Trinajstić information content (AvgIpc) is 2.57. The van der Waals surface area contributed by atoms with Gasteiger partial charge in [0.15, 0.2) is 0 Å². The Bertz CT molecular complexity index is 552. The first-order valence-corrected chi connectivity index (χ1v) is 9.15. The zero-order valence-electron chi connectivity index (χ0n) is 17.4. The summed E-state index contributed by atoms with van der Waals surface area (Å²) in [4.78, 5) is 0. The van der Waals surface area contributed by atoms with E-state index >= 15 is 0 Å². The number of nitrogens with two attached hydrogens (primary N) is 1. The summed E-state index contributed by atoms with van der Waals surface area (Å²) in [5, 5.41) is 30.0. The Balaban J connectivity index is 3.96. The molecule has 0 spiro atoms. The van der Waals surface area contributed by atoms with Crippen LogP contribution in [0.1, 0.15) is 69.9 Å². The van der Waals surface area contributed by atoms with E-state index in [0.717, 1.165) is 22.3 Å². The van der Waals surface area contributed by atoms with Crippen LogP contribution in [-0.4, -0.2) is 42.3 Å². The number of aliphatic hydroxyl groups excluding tert-OH is 3. The van der Waals surface area contributed by atoms with Gasteiger partial charge in [-0.15, -0.1) is 0 Å². The molecule has 5 heteroatoms. The molecule has 0 bridgehead atoms. The van der Waals surface area contributed by atoms with Crippen LogP contribution >= 0.6 is 0 Å². The lowest BCUT2D eigenvalue weighted by atomic mass is 9.69. The summed E-state index contributed by atoms with van der Waals surface area (Å²) in [5.74, 6) is 0. The minimum Gasteiger partial charge on any atom is -0.395 e. The molecule has 26 heavy (non-hydrogen) atoms. The first kappa shape index (κ1) is 23.1. The first-order valence-electron chi connectivity index (χ1n) is 9.15. The molecule has 1 rings (SSSR count). The second-order valence-corrected chi connectivity index (χ2v) is 9.26. The quantitative estimate of drug-likeness (QED) is 0.593. The Morgan fingerprint density at radius 3 is 1.50 bits per heavy atom. The highest BCUT2D eigenvalue weighted by Crippen LogP contribution is 2.45. The van der Waals surface area contributed by atoms with Crippen LogP contribution in [0.15, 0.2) is 12.1 Å². The van der Waals surface area contributed by atoms with Crippen molar-refractivity contribution in [1.29, 1.82) is 0 Å². The molecule has 0 aliphatic heterocycles. The molecular weight excluding hydrogens is 330 g/mol. The van der Waals surface area contributed by atoms with Gasteiger partial charge >= 0.3 is 0 Å². The van der Waals surface area contributed by atoms with E-state index < -0.39 is 11.5 Å². The largest absolute Gasteiger partial charge is 0.395 e. The number of rotatable bonds is 7. The SMILES string of the molecule is COC(c1c(C(C)(C)C)cc(CN)cc1C(C)(C)C)C(CO)(CO)CO. The first-order chi connectivity index (χ1) is 11.9. The highest BCUT2D eigenvalue weighted by atomic mass is 16.5. The van der Waals surface area contributed by atoms with Gasteiger partial charge in [0, 0.05) is 13.7 Å². The lowest BCUT2D eigenvalue weighted by Crippen LogP contribution is -2.43. The topological polar surface area (TPSA) is 95.9 Å². The zero-order valence-corrected chi connectivity index (χ0v) is 17.4. The van der Waals surface area contributed by atoms with Gasteiger partial charge in [-0.05, 0) is 33.1 Å². The van der Waals surface area contributed by atoms with Crippen molar-refractivity contribution in [1.82, 2.24) is 0 Å². The van der Waals surface area contributed by atoms with Gasteiger partial charge in [0.25, 0.3) is 0 Å². The predicted molar refractivity (Wildman–Crippen MR) is 105 cm³/mol. The fraction of sp³-hybridized carbons (Fsp3) is 0.714. The molecule has 0 fully saturated rings. The maximum atomic E-state index is 10.0. The van der Waals surface area contributed by atoms with E-state index in [0.29, 0.717) is 6.54 Å². The van der Waals surface area contributed by atoms with Crippen molar-refractivity contribution in [3.8, 4) is 0 Å². The molecule has 1 aromatic rings. The van der Waals surface area contributed by atoms with Gasteiger partial charge in [0.2, 0.25) is 0 Å². The molecule has 0 radical (unpaired) electrons. The lowest BCUT2D eigenvalue weighted by Gasteiger charge is -2.41. The second-order valence-electron chi connectivity index (χ2n) is 9.26. The summed E-state index contributed by atoms with van der Waals surface area (Å²) in [6, 6.07) is 4.15. The van der Waals surface area contributed by atoms with Gasteiger partial charge in [0.1, 0.15) is 0 Å². The van der Waals surface area contributed by atoms with E-state index in [9.17, 15) is 15.3 Å². The van der Waals surface area contributed by atoms with Gasteiger partial charge in [-0.3, -0.25) is 0 Å². The number of ether oxygens (including phenoxy) is 1. The molecule has 0 aromatic heterocycles. The van der Waals surface area contributed by atoms with Crippen LogP contribution < -0.4 is 5.73 Å². The predicted octanol–water partition coefficient (Wildman–Crippen LogP) is 2.39. The van der Waals surface area contributed by atoms with Crippen LogP contribution in [0.3, 0.4) is 0 Å². The van der Waals surface area contributed by atoms with Crippen molar-refractivity contribution in [2.24, 2.45) is 11.1 Å². The number of aliphatic hydroxyl groups is 3. The van der Waals surface area contributed by atoms with Gasteiger partial charge in [-0.25, -0.2) is 0 Å². The van der Waals surface area contributed by atoms with E-state index in [1.807, 2.05) is 0 Å². The molecule has 1 unspecified atom stereocenters. The third-order valence-electron chi connectivity index (χ3n) is 5.09. The van der Waals surface area contributed by atoms with Gasteiger partial charge in [-0.2, -0.15) is 0 Å². The molecule has 0 aliphatic carbocycles. The van der Waals surface area contributed by atoms with Crippen LogP contribution in [0.4, 0.5) is 0 Å². The smallest absolute Gasteiger partial charge is 0.0949 e. The molecule has 0 amide bonds. The van der Waals surface area contributed by atoms with Crippen molar-refractivity contribution in [3.05, 3.63) is 34.4 Å². The number of benzene rings is 1. The molecule has 0 aliphatic rings. The number of hydrogen-bond acceptors (Lipinski definition) is 5. The minimum atomic E-state index is -1.18. The fourth-order valence-electron chi connectivity index (χ4n) is 3.43. The van der Waals surface area contributed by atoms with Crippen LogP contribution in [0.5, 0.6) is 0 Å². The molecule has 5 N–H and O–H groups in total. The average molecular weight is 368 g/mol. The monoisotopic (exact) mass is 367 g/mol. The highest BCUT2D eigenvalue weighted by molar-refractivity contribution is 5.48. The minimum absolute atomic E-state index is 0.205. The Kier molecular flexibility index (Phi) is 7.41. The molecular formula is C21H37NO4. The Morgan fingerprint density at radius 1 is 0.885 bits per heavy atom. The molecule has 1 aromatic carbocycles. The van der Waals surface area contributed by atoms with Crippen molar-refractivity contribution in [2.75, 3.05) is 26.9 Å². The van der Waals surface area contributed by atoms with Crippen LogP contribution in [0.25, 0.3) is 0 Å². The maximum absolute atomic E-state index is 10.0. The Morgan fingerprint density at radius 2 is 1.27 bits per heavy atom. The summed E-state index contributed by atoms with van der Waals surface area (Å²) >= 11 is 0. The van der Waals surface area contributed by atoms with Crippen LogP contribution in [-0.2, 0) is 22.1 Å². The maximum Gasteiger partial charge on any atom is 0.0949 e. The van der Waals surface area contributed by atoms with E-state index in [1.165, 1.54) is 0 Å². The number of methoxy groups -OCH3 is 1. The Labute approximate surface area is 158 Å². The molecule has 0 saturated heterocycles. The van der Waals surface area contributed by atoms with Crippen molar-refractivity contribution < 1.29 is 20.1 Å². The Hall–Kier alpha value is -0.980. The highest BCUT2D eigenvalue weighted by Gasteiger charge is 2.43. The standard InChI is InChI=1S/C21H37NO4/c1-19(2,3)15-8-14(10-22)9-16(20(4,5)6)17(15)18(26-7)21(11-23,12-24)13-25/h8-9,18,23-25H,10-13,22H2,1-7H3. The lowest BCUT2D eigenvalue weighted by molar-refractivity contribution is -0.103. The third-order valence-corrected chi connectivity index (χ3v) is 5.09. The molecule has 0 saturated carbocycles. The fourth-order valence-corrected chi connectivity index (χ4v) is 3.43. The summed E-state index contributed by atoms with van der Waals surface area (Å²) in [6.07, 6.45) is -0.655. The normalized spacial score (nSPS) is 14.6. The van der Waals surface area contributed by atoms with E-state index in [4.69, 9.17) is 10.5 Å². The zero-order chi connectivity index (χ0) is 20.3. The van der Waals surface area contributed by atoms with Crippen molar-refractivity contribution >= 4 is 0 Å². The van der Waals surface area contributed by atoms with Crippen LogP contribution in [0.2, 0.25) is 0 Å². The van der Waals surface area contributed by atoms with Crippen molar-refractivity contribution in [3.63, 3.8) is 0 Å². The summed E-state index contributed by atoms with van der Waals surface area (Å²) < 4.78 is 5.81. The van der Waals surface area contributed by atoms with E-state index in [1.54, 1.807) is 7.11 Å². The summed E-state index contributed by atoms with van der Waals surface area (Å²) in [6.45, 7) is 12.0. The molecule has 1 atom stereocenters. The summed E-state index contributed by atoms with van der Waals surface area (Å²) in [5.41, 5.74) is 8.41. The molecule has 0 heterocycles. The number of hydrogen-bond donors (Lipinski definition) is 4. The van der Waals surface area contributed by atoms with E-state index in [-0.39, 0.29) is 30.7 Å². The van der Waals surface area contributed by atoms with Gasteiger partial charge in [0.05, 0.1) is 31.3 Å². The van der Waals surface area contributed by atoms with Crippen molar-refractivity contribution in [2.45, 2.75) is 65.0 Å². The molecule has 150 valence electrons. The molecule has 5 nitrogen and oxygen atoms in total. The van der Waals surface area contributed by atoms with E-state index in [2.05, 4.69) is 53.7 Å². The summed E-state index contributed by atoms with van der Waals surface area (Å²) in [7, 11) is 1.55. The van der Waals surface area contributed by atoms with Gasteiger partial charge in [-0.1, -0.05) is 53.7 Å². The van der Waals surface area contributed by atoms with Crippen LogP contribution in [0, 0.1) is 5.41 Å². The second kappa shape index (κ2) is 8.36. The third kappa shape index (κ3) is 4.46.